The van der Waals surface area contributed by atoms with Gasteiger partial charge < -0.3 is 0 Å². The predicted octanol–water partition coefficient (Wildman–Crippen LogP) is 0.0929. The molecule has 0 radical (unpaired) electrons. The maximum absolute atomic E-state index is 9.60. The number of nitrogens with two attached hydrogens (primary N) is 1. The first kappa shape index (κ1) is 9.27. The second-order valence-electron chi connectivity index (χ2n) is 2.33. The van der Waals surface area contributed by atoms with E-state index < -0.39 is 0 Å². The van der Waals surface area contributed by atoms with E-state index in [1.54, 1.807) is 12.1 Å². The van der Waals surface area contributed by atoms with Gasteiger partial charge in [0.15, 0.2) is 0 Å². The summed E-state index contributed by atoms with van der Waals surface area (Å²) in [6.45, 7) is 0. The van der Waals surface area contributed by atoms with Crippen molar-refractivity contribution in [2.75, 3.05) is 12.8 Å². The Hall–Kier alpha value is -0.822. The molecule has 4 heteroatoms. The Balaban J connectivity index is 3.24. The average molecular weight is 229 g/mol. The Kier molecular flexibility index (Phi) is 2.87. The van der Waals surface area contributed by atoms with Crippen molar-refractivity contribution < 1.29 is 9.84 Å². The van der Waals surface area contributed by atoms with Gasteiger partial charge in [-0.15, -0.1) is 0 Å². The molecule has 1 atom stereocenters. The van der Waals surface area contributed by atoms with E-state index in [0.717, 1.165) is 4.35 Å². The van der Waals surface area contributed by atoms with Crippen LogP contribution in [0.3, 0.4) is 0 Å². The van der Waals surface area contributed by atoms with Crippen LogP contribution in [0, 0.1) is 0 Å². The number of rotatable bonds is 2. The SMILES string of the molecule is COc1ccc(N)c([AsH]C)c1O. The van der Waals surface area contributed by atoms with Gasteiger partial charge in [0, 0.05) is 0 Å². The Labute approximate surface area is 78.2 Å². The van der Waals surface area contributed by atoms with Crippen molar-refractivity contribution in [2.24, 2.45) is 0 Å². The molecule has 0 saturated heterocycles. The van der Waals surface area contributed by atoms with Crippen molar-refractivity contribution in [1.82, 2.24) is 0 Å². The molecule has 0 heterocycles. The van der Waals surface area contributed by atoms with Gasteiger partial charge in [-0.1, -0.05) is 0 Å². The molecule has 1 rings (SSSR count). The zero-order valence-electron chi connectivity index (χ0n) is 7.09. The van der Waals surface area contributed by atoms with Crippen molar-refractivity contribution in [2.45, 2.75) is 5.71 Å². The molecular formula is C8H12AsNO2. The predicted molar refractivity (Wildman–Crippen MR) is 51.7 cm³/mol. The van der Waals surface area contributed by atoms with Gasteiger partial charge in [0.1, 0.15) is 0 Å². The fraction of sp³-hybridized carbons (Fsp3) is 0.250. The summed E-state index contributed by atoms with van der Waals surface area (Å²) in [5.41, 5.74) is 8.39. The fourth-order valence-corrected chi connectivity index (χ4v) is 2.55. The van der Waals surface area contributed by atoms with E-state index in [-0.39, 0.29) is 21.5 Å². The second kappa shape index (κ2) is 3.72. The summed E-state index contributed by atoms with van der Waals surface area (Å²) in [5, 5.41) is 9.60. The first-order chi connectivity index (χ1) is 5.70. The molecule has 1 aromatic rings. The van der Waals surface area contributed by atoms with Gasteiger partial charge >= 0.3 is 77.8 Å². The number of benzene rings is 1. The number of methoxy groups -OCH3 is 1. The maximum atomic E-state index is 9.60. The molecule has 3 N–H and O–H groups in total. The topological polar surface area (TPSA) is 55.5 Å². The normalized spacial score (nSPS) is 10.8. The van der Waals surface area contributed by atoms with Crippen molar-refractivity contribution in [1.29, 1.82) is 0 Å². The minimum atomic E-state index is -0.337. The quantitative estimate of drug-likeness (QED) is 0.558. The molecule has 0 spiro atoms. The van der Waals surface area contributed by atoms with Crippen LogP contribution >= 0.6 is 0 Å². The zero-order chi connectivity index (χ0) is 9.14. The first-order valence-corrected chi connectivity index (χ1v) is 6.68. The number of phenolic OH excluding ortho intramolecular Hbond substituents is 1. The number of ether oxygens (including phenoxy) is 1. The van der Waals surface area contributed by atoms with Crippen LogP contribution in [0.1, 0.15) is 0 Å². The molecule has 0 aromatic heterocycles. The van der Waals surface area contributed by atoms with Crippen LogP contribution in [0.25, 0.3) is 0 Å². The van der Waals surface area contributed by atoms with Crippen LogP contribution in [0.15, 0.2) is 12.1 Å². The Morgan fingerprint density at radius 2 is 2.17 bits per heavy atom. The third-order valence-electron chi connectivity index (χ3n) is 1.64. The van der Waals surface area contributed by atoms with Crippen molar-refractivity contribution in [3.8, 4) is 11.5 Å². The Bertz CT molecular complexity index is 289. The van der Waals surface area contributed by atoms with Gasteiger partial charge in [-0.25, -0.2) is 0 Å². The number of anilines is 1. The number of hydrogen-bond donors (Lipinski definition) is 2. The number of aromatic hydroxyl groups is 1. The summed E-state index contributed by atoms with van der Waals surface area (Å²) in [4.78, 5) is 0. The molecule has 1 aromatic carbocycles. The van der Waals surface area contributed by atoms with Crippen LogP contribution < -0.4 is 14.8 Å². The second-order valence-corrected chi connectivity index (χ2v) is 4.43. The summed E-state index contributed by atoms with van der Waals surface area (Å²) in [5.74, 6) is 0.713. The summed E-state index contributed by atoms with van der Waals surface area (Å²) in [6, 6.07) is 3.44. The fourth-order valence-electron chi connectivity index (χ4n) is 1.02. The van der Waals surface area contributed by atoms with E-state index in [2.05, 4.69) is 5.71 Å². The summed E-state index contributed by atoms with van der Waals surface area (Å²) < 4.78 is 5.83. The van der Waals surface area contributed by atoms with Crippen molar-refractivity contribution >= 4 is 25.8 Å². The van der Waals surface area contributed by atoms with Crippen LogP contribution in [-0.4, -0.2) is 28.0 Å². The average Bonchev–Trinajstić information content (AvgIpc) is 2.06. The molecule has 0 aliphatic heterocycles. The Morgan fingerprint density at radius 1 is 1.50 bits per heavy atom. The van der Waals surface area contributed by atoms with Crippen LogP contribution in [0.2, 0.25) is 5.71 Å². The van der Waals surface area contributed by atoms with E-state index in [1.807, 2.05) is 0 Å². The Morgan fingerprint density at radius 3 is 2.67 bits per heavy atom. The molecule has 0 aliphatic carbocycles. The molecule has 1 unspecified atom stereocenters. The van der Waals surface area contributed by atoms with Crippen molar-refractivity contribution in [3.63, 3.8) is 0 Å². The summed E-state index contributed by atoms with van der Waals surface area (Å²) in [7, 11) is 1.53. The van der Waals surface area contributed by atoms with E-state index in [9.17, 15) is 5.11 Å². The number of phenols is 1. The molecule has 0 bridgehead atoms. The number of nitrogen functional groups attached to an aromatic ring is 1. The molecule has 0 saturated carbocycles. The van der Waals surface area contributed by atoms with E-state index >= 15 is 0 Å². The first-order valence-electron chi connectivity index (χ1n) is 3.54. The third kappa shape index (κ3) is 1.51. The molecule has 0 amide bonds. The number of hydrogen-bond acceptors (Lipinski definition) is 3. The minimum absolute atomic E-state index is 0.208. The molecular weight excluding hydrogens is 217 g/mol. The van der Waals surface area contributed by atoms with Crippen molar-refractivity contribution in [3.05, 3.63) is 12.1 Å². The summed E-state index contributed by atoms with van der Waals surface area (Å²) >= 11 is -0.337. The van der Waals surface area contributed by atoms with Crippen LogP contribution in [0.4, 0.5) is 5.69 Å². The summed E-state index contributed by atoms with van der Waals surface area (Å²) in [6.07, 6.45) is 0. The molecule has 66 valence electrons. The van der Waals surface area contributed by atoms with E-state index in [0.29, 0.717) is 11.4 Å². The van der Waals surface area contributed by atoms with E-state index in [1.165, 1.54) is 7.11 Å². The molecule has 0 fully saturated rings. The monoisotopic (exact) mass is 229 g/mol. The zero-order valence-corrected chi connectivity index (χ0v) is 9.19. The van der Waals surface area contributed by atoms with Gasteiger partial charge in [-0.2, -0.15) is 0 Å². The third-order valence-corrected chi connectivity index (χ3v) is 3.79. The standard InChI is InChI=1S/C8H12AsNO2/c1-9-7-5(10)3-4-6(12-2)8(7)11/h3-4,9,11H,10H2,1-2H3. The molecule has 3 nitrogen and oxygen atoms in total. The van der Waals surface area contributed by atoms with Crippen LogP contribution in [-0.2, 0) is 0 Å². The van der Waals surface area contributed by atoms with Gasteiger partial charge in [0.25, 0.3) is 0 Å². The van der Waals surface area contributed by atoms with Gasteiger partial charge in [0.05, 0.1) is 0 Å². The molecule has 12 heavy (non-hydrogen) atoms. The van der Waals surface area contributed by atoms with Crippen LogP contribution in [0.5, 0.6) is 11.5 Å². The molecule has 0 aliphatic rings. The van der Waals surface area contributed by atoms with Gasteiger partial charge in [-0.05, 0) is 0 Å². The van der Waals surface area contributed by atoms with Gasteiger partial charge in [0.2, 0.25) is 0 Å². The van der Waals surface area contributed by atoms with Gasteiger partial charge in [-0.3, -0.25) is 0 Å². The van der Waals surface area contributed by atoms with E-state index in [4.69, 9.17) is 10.5 Å².